The molecule has 146 valence electrons. The Labute approximate surface area is 162 Å². The molecule has 0 nitrogen and oxygen atoms in total. The Bertz CT molecular complexity index is 942. The van der Waals surface area contributed by atoms with Gasteiger partial charge in [0.15, 0.2) is 17.5 Å². The van der Waals surface area contributed by atoms with Crippen molar-refractivity contribution in [3.05, 3.63) is 58.8 Å². The summed E-state index contributed by atoms with van der Waals surface area (Å²) in [4.78, 5) is 0. The van der Waals surface area contributed by atoms with Gasteiger partial charge in [-0.15, -0.1) is 0 Å². The van der Waals surface area contributed by atoms with E-state index < -0.39 is 64.4 Å². The van der Waals surface area contributed by atoms with Crippen LogP contribution in [-0.4, -0.2) is 0 Å². The summed E-state index contributed by atoms with van der Waals surface area (Å²) in [6, 6.07) is -4.43. The molecule has 2 aromatic rings. The van der Waals surface area contributed by atoms with Crippen LogP contribution in [0.4, 0.5) is 22.0 Å². The van der Waals surface area contributed by atoms with Gasteiger partial charge in [0, 0.05) is 0 Å². The average Bonchev–Trinajstić information content (AvgIpc) is 2.77. The highest BCUT2D eigenvalue weighted by Crippen LogP contribution is 2.34. The molecule has 0 spiro atoms. The molecule has 2 aromatic carbocycles. The van der Waals surface area contributed by atoms with Gasteiger partial charge in [-0.3, -0.25) is 0 Å². The number of benzene rings is 2. The van der Waals surface area contributed by atoms with Crippen molar-refractivity contribution in [3.63, 3.8) is 0 Å². The van der Waals surface area contributed by atoms with E-state index in [1.165, 1.54) is 0 Å². The van der Waals surface area contributed by atoms with Gasteiger partial charge in [0.2, 0.25) is 0 Å². The van der Waals surface area contributed by atoms with Gasteiger partial charge < -0.3 is 0 Å². The molecule has 0 radical (unpaired) electrons. The molecule has 0 aliphatic heterocycles. The van der Waals surface area contributed by atoms with Crippen LogP contribution in [0.15, 0.2) is 24.2 Å². The SMILES string of the molecule is [2H]c1c(F)c(-c2c([2H])c(F)c(F)c(F)c2[2H])c(F)c([2H])c1CCC1CCC(CC)CC1. The highest BCUT2D eigenvalue weighted by atomic mass is 19.2. The van der Waals surface area contributed by atoms with E-state index in [0.717, 1.165) is 32.1 Å². The molecule has 1 fully saturated rings. The fourth-order valence-corrected chi connectivity index (χ4v) is 3.72. The van der Waals surface area contributed by atoms with E-state index in [9.17, 15) is 22.0 Å². The molecule has 0 N–H and O–H groups in total. The fourth-order valence-electron chi connectivity index (χ4n) is 3.72. The van der Waals surface area contributed by atoms with Crippen LogP contribution in [0.3, 0.4) is 0 Å². The van der Waals surface area contributed by atoms with Crippen molar-refractivity contribution in [3.8, 4) is 11.1 Å². The van der Waals surface area contributed by atoms with Crippen LogP contribution in [0.5, 0.6) is 0 Å². The molecular weight excluding hydrogens is 359 g/mol. The minimum absolute atomic E-state index is 0.0981. The summed E-state index contributed by atoms with van der Waals surface area (Å²) in [5.74, 6) is -8.12. The number of rotatable bonds is 5. The van der Waals surface area contributed by atoms with Crippen LogP contribution in [0.2, 0.25) is 0 Å². The first-order valence-electron chi connectivity index (χ1n) is 11.2. The molecule has 0 bridgehead atoms. The third-order valence-corrected chi connectivity index (χ3v) is 5.41. The van der Waals surface area contributed by atoms with Crippen molar-refractivity contribution in [1.29, 1.82) is 0 Å². The van der Waals surface area contributed by atoms with Crippen molar-refractivity contribution in [2.45, 2.75) is 51.9 Å². The molecule has 1 saturated carbocycles. The van der Waals surface area contributed by atoms with Gasteiger partial charge in [-0.25, -0.2) is 22.0 Å². The lowest BCUT2D eigenvalue weighted by molar-refractivity contribution is 0.258. The van der Waals surface area contributed by atoms with Gasteiger partial charge in [-0.1, -0.05) is 39.0 Å². The topological polar surface area (TPSA) is 0 Å². The molecule has 0 saturated heterocycles. The first kappa shape index (κ1) is 15.1. The molecule has 0 aromatic heterocycles. The molecule has 1 aliphatic rings. The lowest BCUT2D eigenvalue weighted by atomic mass is 9.78. The minimum Gasteiger partial charge on any atom is -0.206 e. The summed E-state index contributed by atoms with van der Waals surface area (Å²) < 4.78 is 102. The number of hydrogen-bond donors (Lipinski definition) is 0. The lowest BCUT2D eigenvalue weighted by Gasteiger charge is -2.27. The molecule has 0 amide bonds. The van der Waals surface area contributed by atoms with Crippen LogP contribution in [-0.2, 0) is 6.42 Å². The van der Waals surface area contributed by atoms with Gasteiger partial charge in [-0.2, -0.15) is 0 Å². The zero-order chi connectivity index (χ0) is 23.0. The highest BCUT2D eigenvalue weighted by molar-refractivity contribution is 5.65. The Morgan fingerprint density at radius 3 is 1.85 bits per heavy atom. The van der Waals surface area contributed by atoms with Crippen LogP contribution in [0.1, 0.15) is 56.5 Å². The second-order valence-corrected chi connectivity index (χ2v) is 7.13. The maximum Gasteiger partial charge on any atom is 0.194 e. The van der Waals surface area contributed by atoms with Crippen molar-refractivity contribution < 1.29 is 27.4 Å². The monoisotopic (exact) mass is 386 g/mol. The smallest absolute Gasteiger partial charge is 0.194 e. The third kappa shape index (κ3) is 4.50. The normalized spacial score (nSPS) is 22.1. The van der Waals surface area contributed by atoms with Crippen molar-refractivity contribution >= 4 is 0 Å². The standard InChI is InChI=1S/C22H23F5/c1-2-13-3-5-14(6-4-13)7-8-15-9-17(23)21(18(24)10-15)16-11-19(25)22(27)20(26)12-16/h9-14H,2-8H2,1H3/i9D,10D,11D,12D. The van der Waals surface area contributed by atoms with Crippen LogP contribution in [0, 0.1) is 40.9 Å². The maximum atomic E-state index is 15.0. The Morgan fingerprint density at radius 2 is 1.33 bits per heavy atom. The molecular formula is C22H23F5. The lowest BCUT2D eigenvalue weighted by Crippen LogP contribution is -2.14. The quantitative estimate of drug-likeness (QED) is 0.376. The fraction of sp³-hybridized carbons (Fsp3) is 0.455. The van der Waals surface area contributed by atoms with E-state index in [-0.39, 0.29) is 12.0 Å². The molecule has 3 rings (SSSR count). The van der Waals surface area contributed by atoms with Gasteiger partial charge in [0.25, 0.3) is 0 Å². The Balaban J connectivity index is 1.99. The van der Waals surface area contributed by atoms with E-state index in [1.54, 1.807) is 0 Å². The Hall–Kier alpha value is -1.91. The van der Waals surface area contributed by atoms with Gasteiger partial charge in [0.1, 0.15) is 11.6 Å². The molecule has 0 unspecified atom stereocenters. The second-order valence-electron chi connectivity index (χ2n) is 7.13. The van der Waals surface area contributed by atoms with E-state index in [0.29, 0.717) is 18.3 Å². The largest absolute Gasteiger partial charge is 0.206 e. The summed E-state index contributed by atoms with van der Waals surface area (Å²) >= 11 is 0. The summed E-state index contributed by atoms with van der Waals surface area (Å²) in [5.41, 5.74) is -2.55. The van der Waals surface area contributed by atoms with Crippen LogP contribution >= 0.6 is 0 Å². The number of hydrogen-bond acceptors (Lipinski definition) is 0. The van der Waals surface area contributed by atoms with Gasteiger partial charge >= 0.3 is 0 Å². The van der Waals surface area contributed by atoms with Crippen LogP contribution < -0.4 is 0 Å². The van der Waals surface area contributed by atoms with E-state index >= 15 is 0 Å². The molecule has 0 heterocycles. The van der Waals surface area contributed by atoms with Crippen LogP contribution in [0.25, 0.3) is 11.1 Å². The van der Waals surface area contributed by atoms with E-state index in [1.807, 2.05) is 0 Å². The molecule has 5 heteroatoms. The summed E-state index contributed by atoms with van der Waals surface area (Å²) in [6.07, 6.45) is 5.86. The highest BCUT2D eigenvalue weighted by Gasteiger charge is 2.21. The first-order valence-corrected chi connectivity index (χ1v) is 9.21. The van der Waals surface area contributed by atoms with Crippen molar-refractivity contribution in [1.82, 2.24) is 0 Å². The second kappa shape index (κ2) is 8.41. The van der Waals surface area contributed by atoms with E-state index in [4.69, 9.17) is 5.48 Å². The summed E-state index contributed by atoms with van der Waals surface area (Å²) in [7, 11) is 0. The molecule has 27 heavy (non-hydrogen) atoms. The van der Waals surface area contributed by atoms with Crippen molar-refractivity contribution in [2.24, 2.45) is 11.8 Å². The van der Waals surface area contributed by atoms with Gasteiger partial charge in [-0.05, 0) is 60.0 Å². The summed E-state index contributed by atoms with van der Waals surface area (Å²) in [6.45, 7) is 2.14. The third-order valence-electron chi connectivity index (χ3n) is 5.41. The molecule has 0 atom stereocenters. The zero-order valence-corrected chi connectivity index (χ0v) is 15.0. The predicted octanol–water partition coefficient (Wildman–Crippen LogP) is 7.20. The average molecular weight is 386 g/mol. The maximum absolute atomic E-state index is 15.0. The summed E-state index contributed by atoms with van der Waals surface area (Å²) in [5, 5.41) is 0. The predicted molar refractivity (Wildman–Crippen MR) is 95.7 cm³/mol. The Kier molecular flexibility index (Phi) is 4.69. The minimum atomic E-state index is -2.09. The van der Waals surface area contributed by atoms with E-state index in [2.05, 4.69) is 6.92 Å². The number of halogens is 5. The first-order chi connectivity index (χ1) is 14.6. The van der Waals surface area contributed by atoms with Gasteiger partial charge in [0.05, 0.1) is 11.0 Å². The zero-order valence-electron chi connectivity index (χ0n) is 19.0. The van der Waals surface area contributed by atoms with Crippen molar-refractivity contribution in [2.75, 3.05) is 0 Å². The Morgan fingerprint density at radius 1 is 0.815 bits per heavy atom. The molecule has 1 aliphatic carbocycles.